The Morgan fingerprint density at radius 3 is 2.43 bits per heavy atom. The third kappa shape index (κ3) is 5.08. The van der Waals surface area contributed by atoms with Crippen molar-refractivity contribution in [1.29, 1.82) is 0 Å². The molecule has 1 aromatic carbocycles. The lowest BCUT2D eigenvalue weighted by molar-refractivity contribution is -0.130. The topological polar surface area (TPSA) is 49.4 Å². The van der Waals surface area contributed by atoms with Crippen LogP contribution in [0.4, 0.5) is 0 Å². The monoisotopic (exact) mass is 350 g/mol. The summed E-state index contributed by atoms with van der Waals surface area (Å²) in [6.45, 7) is 4.94. The molecule has 0 saturated heterocycles. The van der Waals surface area contributed by atoms with Crippen molar-refractivity contribution in [2.45, 2.75) is 20.4 Å². The molecule has 23 heavy (non-hydrogen) atoms. The van der Waals surface area contributed by atoms with Crippen molar-refractivity contribution in [1.82, 2.24) is 10.2 Å². The molecular weight excluding hydrogens is 332 g/mol. The van der Waals surface area contributed by atoms with Gasteiger partial charge in [0.15, 0.2) is 0 Å². The summed E-state index contributed by atoms with van der Waals surface area (Å²) >= 11 is 7.36. The molecule has 0 aliphatic rings. The average Bonchev–Trinajstić information content (AvgIpc) is 2.95. The standard InChI is InChI=1S/C17H19ClN2O2S/c1-3-20(11-14-8-9-15(18)23-14)16(21)10-19-17(22)13-6-4-12(2)5-7-13/h4-9H,3,10-11H2,1-2H3,(H,19,22). The van der Waals surface area contributed by atoms with Gasteiger partial charge in [0.05, 0.1) is 17.4 Å². The van der Waals surface area contributed by atoms with Crippen LogP contribution in [-0.2, 0) is 11.3 Å². The molecule has 2 rings (SSSR count). The first-order valence-corrected chi connectivity index (χ1v) is 8.56. The van der Waals surface area contributed by atoms with Crippen LogP contribution in [0.1, 0.15) is 27.7 Å². The minimum Gasteiger partial charge on any atom is -0.343 e. The van der Waals surface area contributed by atoms with Crippen molar-refractivity contribution in [3.8, 4) is 0 Å². The van der Waals surface area contributed by atoms with Crippen LogP contribution in [0.25, 0.3) is 0 Å². The Hall–Kier alpha value is -1.85. The van der Waals surface area contributed by atoms with E-state index >= 15 is 0 Å². The Kier molecular flexibility index (Phi) is 6.19. The maximum absolute atomic E-state index is 12.3. The number of nitrogens with one attached hydrogen (secondary N) is 1. The van der Waals surface area contributed by atoms with E-state index in [1.54, 1.807) is 17.0 Å². The Balaban J connectivity index is 1.89. The van der Waals surface area contributed by atoms with Gasteiger partial charge in [-0.3, -0.25) is 9.59 Å². The fourth-order valence-electron chi connectivity index (χ4n) is 2.08. The molecule has 122 valence electrons. The predicted octanol–water partition coefficient (Wildman–Crippen LogP) is 3.49. The number of nitrogens with zero attached hydrogens (tertiary/aromatic N) is 1. The molecule has 4 nitrogen and oxygen atoms in total. The van der Waals surface area contributed by atoms with Crippen molar-refractivity contribution in [3.05, 3.63) is 56.7 Å². The van der Waals surface area contributed by atoms with Crippen LogP contribution >= 0.6 is 22.9 Å². The SMILES string of the molecule is CCN(Cc1ccc(Cl)s1)C(=O)CNC(=O)c1ccc(C)cc1. The molecule has 1 N–H and O–H groups in total. The Morgan fingerprint density at radius 2 is 1.87 bits per heavy atom. The van der Waals surface area contributed by atoms with E-state index in [4.69, 9.17) is 11.6 Å². The van der Waals surface area contributed by atoms with E-state index in [9.17, 15) is 9.59 Å². The first-order valence-electron chi connectivity index (χ1n) is 7.36. The molecule has 2 aromatic rings. The maximum Gasteiger partial charge on any atom is 0.251 e. The molecule has 6 heteroatoms. The minimum absolute atomic E-state index is 0.0142. The average molecular weight is 351 g/mol. The van der Waals surface area contributed by atoms with Crippen LogP contribution in [0.3, 0.4) is 0 Å². The van der Waals surface area contributed by atoms with Gasteiger partial charge in [-0.15, -0.1) is 11.3 Å². The summed E-state index contributed by atoms with van der Waals surface area (Å²) in [5.41, 5.74) is 1.64. The molecule has 0 atom stereocenters. The second-order valence-electron chi connectivity index (χ2n) is 5.16. The van der Waals surface area contributed by atoms with Gasteiger partial charge in [-0.05, 0) is 38.1 Å². The molecule has 0 aliphatic carbocycles. The van der Waals surface area contributed by atoms with Gasteiger partial charge in [0, 0.05) is 17.0 Å². The number of halogens is 1. The van der Waals surface area contributed by atoms with Crippen molar-refractivity contribution >= 4 is 34.8 Å². The van der Waals surface area contributed by atoms with Gasteiger partial charge in [-0.2, -0.15) is 0 Å². The number of thiophene rings is 1. The quantitative estimate of drug-likeness (QED) is 0.867. The summed E-state index contributed by atoms with van der Waals surface area (Å²) in [7, 11) is 0. The van der Waals surface area contributed by atoms with Crippen LogP contribution < -0.4 is 5.32 Å². The number of amides is 2. The highest BCUT2D eigenvalue weighted by molar-refractivity contribution is 7.16. The fraction of sp³-hybridized carbons (Fsp3) is 0.294. The highest BCUT2D eigenvalue weighted by Crippen LogP contribution is 2.22. The van der Waals surface area contributed by atoms with E-state index in [2.05, 4.69) is 5.32 Å². The Morgan fingerprint density at radius 1 is 1.17 bits per heavy atom. The number of carbonyl (C=O) groups excluding carboxylic acids is 2. The van der Waals surface area contributed by atoms with Crippen molar-refractivity contribution in [2.24, 2.45) is 0 Å². The smallest absolute Gasteiger partial charge is 0.251 e. The van der Waals surface area contributed by atoms with Crippen LogP contribution in [0.5, 0.6) is 0 Å². The number of rotatable bonds is 6. The zero-order valence-corrected chi connectivity index (χ0v) is 14.7. The number of benzene rings is 1. The third-order valence-corrected chi connectivity index (χ3v) is 4.64. The van der Waals surface area contributed by atoms with Gasteiger partial charge in [-0.1, -0.05) is 29.3 Å². The summed E-state index contributed by atoms with van der Waals surface area (Å²) in [6.07, 6.45) is 0. The zero-order chi connectivity index (χ0) is 16.8. The van der Waals surface area contributed by atoms with Crippen LogP contribution in [-0.4, -0.2) is 29.8 Å². The lowest BCUT2D eigenvalue weighted by Crippen LogP contribution is -2.39. The molecule has 0 bridgehead atoms. The van der Waals surface area contributed by atoms with E-state index in [0.717, 1.165) is 10.4 Å². The maximum atomic E-state index is 12.3. The molecule has 0 spiro atoms. The van der Waals surface area contributed by atoms with Gasteiger partial charge in [0.25, 0.3) is 5.91 Å². The Labute approximate surface area is 145 Å². The molecule has 0 fully saturated rings. The normalized spacial score (nSPS) is 10.4. The highest BCUT2D eigenvalue weighted by atomic mass is 35.5. The molecule has 0 aliphatic heterocycles. The number of likely N-dealkylation sites (N-methyl/N-ethyl adjacent to an activating group) is 1. The Bertz CT molecular complexity index is 682. The van der Waals surface area contributed by atoms with E-state index in [-0.39, 0.29) is 18.4 Å². The molecule has 1 aromatic heterocycles. The van der Waals surface area contributed by atoms with Gasteiger partial charge in [-0.25, -0.2) is 0 Å². The molecule has 0 saturated carbocycles. The highest BCUT2D eigenvalue weighted by Gasteiger charge is 2.15. The summed E-state index contributed by atoms with van der Waals surface area (Å²) < 4.78 is 0.705. The predicted molar refractivity (Wildman–Crippen MR) is 93.9 cm³/mol. The molecule has 0 radical (unpaired) electrons. The van der Waals surface area contributed by atoms with Gasteiger partial charge < -0.3 is 10.2 Å². The largest absolute Gasteiger partial charge is 0.343 e. The van der Waals surface area contributed by atoms with Gasteiger partial charge >= 0.3 is 0 Å². The first-order chi connectivity index (χ1) is 11.0. The number of hydrogen-bond donors (Lipinski definition) is 1. The van der Waals surface area contributed by atoms with E-state index in [1.807, 2.05) is 38.1 Å². The van der Waals surface area contributed by atoms with Crippen molar-refractivity contribution in [2.75, 3.05) is 13.1 Å². The zero-order valence-electron chi connectivity index (χ0n) is 13.1. The second-order valence-corrected chi connectivity index (χ2v) is 6.96. The van der Waals surface area contributed by atoms with Gasteiger partial charge in [0.2, 0.25) is 5.91 Å². The number of carbonyl (C=O) groups is 2. The summed E-state index contributed by atoms with van der Waals surface area (Å²) in [4.78, 5) is 27.0. The summed E-state index contributed by atoms with van der Waals surface area (Å²) in [6, 6.07) is 11.0. The van der Waals surface area contributed by atoms with Crippen LogP contribution in [0.15, 0.2) is 36.4 Å². The van der Waals surface area contributed by atoms with Gasteiger partial charge in [0.1, 0.15) is 0 Å². The third-order valence-electron chi connectivity index (χ3n) is 3.42. The lowest BCUT2D eigenvalue weighted by atomic mass is 10.1. The van der Waals surface area contributed by atoms with E-state index < -0.39 is 0 Å². The summed E-state index contributed by atoms with van der Waals surface area (Å²) in [5.74, 6) is -0.356. The van der Waals surface area contributed by atoms with E-state index in [1.165, 1.54) is 11.3 Å². The minimum atomic E-state index is -0.242. The number of aryl methyl sites for hydroxylation is 1. The molecule has 0 unspecified atom stereocenters. The molecule has 1 heterocycles. The number of hydrogen-bond acceptors (Lipinski definition) is 3. The van der Waals surface area contributed by atoms with Crippen LogP contribution in [0.2, 0.25) is 4.34 Å². The fourth-order valence-corrected chi connectivity index (χ4v) is 3.18. The first kappa shape index (κ1) is 17.5. The second kappa shape index (κ2) is 8.13. The van der Waals surface area contributed by atoms with E-state index in [0.29, 0.717) is 23.0 Å². The van der Waals surface area contributed by atoms with Crippen LogP contribution in [0, 0.1) is 6.92 Å². The molecule has 2 amide bonds. The summed E-state index contributed by atoms with van der Waals surface area (Å²) in [5, 5.41) is 2.67. The van der Waals surface area contributed by atoms with Crippen molar-refractivity contribution in [3.63, 3.8) is 0 Å². The molecular formula is C17H19ClN2O2S. The van der Waals surface area contributed by atoms with Crippen molar-refractivity contribution < 1.29 is 9.59 Å². The lowest BCUT2D eigenvalue weighted by Gasteiger charge is -2.20.